The third-order valence-electron chi connectivity index (χ3n) is 3.44. The zero-order valence-electron chi connectivity index (χ0n) is 11.7. The van der Waals surface area contributed by atoms with Gasteiger partial charge in [-0.15, -0.1) is 0 Å². The van der Waals surface area contributed by atoms with Gasteiger partial charge < -0.3 is 5.32 Å². The molecule has 1 aromatic rings. The minimum atomic E-state index is -0.178. The summed E-state index contributed by atoms with van der Waals surface area (Å²) in [4.78, 5) is 0. The van der Waals surface area contributed by atoms with E-state index >= 15 is 0 Å². The van der Waals surface area contributed by atoms with Gasteiger partial charge in [-0.05, 0) is 45.8 Å². The first kappa shape index (κ1) is 15.6. The number of hydrogen-bond acceptors (Lipinski definition) is 1. The zero-order chi connectivity index (χ0) is 13.8. The molecule has 3 heteroatoms. The lowest BCUT2D eigenvalue weighted by molar-refractivity contribution is 0.280. The van der Waals surface area contributed by atoms with E-state index in [1.165, 1.54) is 6.07 Å². The summed E-state index contributed by atoms with van der Waals surface area (Å²) < 4.78 is 14.1. The Kier molecular flexibility index (Phi) is 5.80. The Morgan fingerprint density at radius 2 is 2.06 bits per heavy atom. The first-order chi connectivity index (χ1) is 8.38. The van der Waals surface area contributed by atoms with Crippen molar-refractivity contribution in [2.24, 2.45) is 5.41 Å². The Hall–Kier alpha value is -0.410. The van der Waals surface area contributed by atoms with Crippen molar-refractivity contribution in [1.29, 1.82) is 0 Å². The Morgan fingerprint density at radius 1 is 1.39 bits per heavy atom. The molecule has 1 rings (SSSR count). The predicted octanol–water partition coefficient (Wildman–Crippen LogP) is 4.55. The molecule has 0 aromatic heterocycles. The zero-order valence-corrected chi connectivity index (χ0v) is 13.3. The topological polar surface area (TPSA) is 12.0 Å². The highest BCUT2D eigenvalue weighted by molar-refractivity contribution is 9.10. The Morgan fingerprint density at radius 3 is 2.61 bits per heavy atom. The van der Waals surface area contributed by atoms with Crippen molar-refractivity contribution in [3.8, 4) is 0 Å². The Labute approximate surface area is 118 Å². The van der Waals surface area contributed by atoms with E-state index in [1.54, 1.807) is 6.07 Å². The summed E-state index contributed by atoms with van der Waals surface area (Å²) in [6, 6.07) is 5.74. The van der Waals surface area contributed by atoms with Crippen molar-refractivity contribution in [2.45, 2.75) is 46.6 Å². The second-order valence-electron chi connectivity index (χ2n) is 5.59. The molecule has 0 spiro atoms. The maximum Gasteiger partial charge on any atom is 0.137 e. The third-order valence-corrected chi connectivity index (χ3v) is 4.33. The summed E-state index contributed by atoms with van der Waals surface area (Å²) in [5, 5.41) is 3.48. The van der Waals surface area contributed by atoms with Crippen LogP contribution in [-0.2, 0) is 6.42 Å². The van der Waals surface area contributed by atoms with Gasteiger partial charge in [-0.2, -0.15) is 0 Å². The third kappa shape index (κ3) is 4.36. The maximum atomic E-state index is 13.5. The van der Waals surface area contributed by atoms with Gasteiger partial charge >= 0.3 is 0 Å². The van der Waals surface area contributed by atoms with Crippen LogP contribution >= 0.6 is 15.9 Å². The lowest BCUT2D eigenvalue weighted by Gasteiger charge is -2.30. The number of rotatable bonds is 6. The van der Waals surface area contributed by atoms with Crippen LogP contribution in [0.25, 0.3) is 0 Å². The molecule has 0 saturated heterocycles. The SMILES string of the molecule is CCC(C)(CNC(C)C)Cc1cccc(F)c1Br. The van der Waals surface area contributed by atoms with Gasteiger partial charge in [-0.1, -0.05) is 39.8 Å². The summed E-state index contributed by atoms with van der Waals surface area (Å²) in [7, 11) is 0. The fourth-order valence-corrected chi connectivity index (χ4v) is 2.31. The van der Waals surface area contributed by atoms with E-state index in [-0.39, 0.29) is 11.2 Å². The molecule has 1 atom stereocenters. The normalized spacial score (nSPS) is 14.8. The largest absolute Gasteiger partial charge is 0.314 e. The number of hydrogen-bond donors (Lipinski definition) is 1. The molecule has 0 bridgehead atoms. The van der Waals surface area contributed by atoms with E-state index in [9.17, 15) is 4.39 Å². The van der Waals surface area contributed by atoms with Gasteiger partial charge in [-0.25, -0.2) is 4.39 Å². The summed E-state index contributed by atoms with van der Waals surface area (Å²) >= 11 is 3.35. The minimum absolute atomic E-state index is 0.153. The molecule has 18 heavy (non-hydrogen) atoms. The van der Waals surface area contributed by atoms with Gasteiger partial charge in [0, 0.05) is 12.6 Å². The maximum absolute atomic E-state index is 13.5. The van der Waals surface area contributed by atoms with E-state index in [1.807, 2.05) is 6.07 Å². The van der Waals surface area contributed by atoms with Crippen molar-refractivity contribution < 1.29 is 4.39 Å². The average Bonchev–Trinajstić information content (AvgIpc) is 2.33. The summed E-state index contributed by atoms with van der Waals surface area (Å²) in [6.45, 7) is 9.68. The molecule has 0 fully saturated rings. The van der Waals surface area contributed by atoms with Crippen LogP contribution < -0.4 is 5.32 Å². The molecule has 0 heterocycles. The first-order valence-electron chi connectivity index (χ1n) is 6.54. The number of benzene rings is 1. The van der Waals surface area contributed by atoms with Crippen LogP contribution in [0.5, 0.6) is 0 Å². The molecule has 102 valence electrons. The van der Waals surface area contributed by atoms with Gasteiger partial charge in [0.1, 0.15) is 5.82 Å². The molecule has 0 saturated carbocycles. The van der Waals surface area contributed by atoms with Crippen LogP contribution in [0, 0.1) is 11.2 Å². The van der Waals surface area contributed by atoms with Crippen molar-refractivity contribution >= 4 is 15.9 Å². The second-order valence-corrected chi connectivity index (χ2v) is 6.38. The van der Waals surface area contributed by atoms with E-state index in [4.69, 9.17) is 0 Å². The van der Waals surface area contributed by atoms with Crippen LogP contribution in [-0.4, -0.2) is 12.6 Å². The number of halogens is 2. The van der Waals surface area contributed by atoms with Gasteiger partial charge in [0.05, 0.1) is 4.47 Å². The highest BCUT2D eigenvalue weighted by Gasteiger charge is 2.24. The summed E-state index contributed by atoms with van der Waals surface area (Å²) in [5.74, 6) is -0.178. The molecule has 0 amide bonds. The molecule has 1 aromatic carbocycles. The van der Waals surface area contributed by atoms with E-state index in [0.29, 0.717) is 10.5 Å². The van der Waals surface area contributed by atoms with Crippen LogP contribution in [0.2, 0.25) is 0 Å². The van der Waals surface area contributed by atoms with Crippen LogP contribution in [0.15, 0.2) is 22.7 Å². The number of nitrogens with one attached hydrogen (secondary N) is 1. The molecule has 0 radical (unpaired) electrons. The highest BCUT2D eigenvalue weighted by atomic mass is 79.9. The fraction of sp³-hybridized carbons (Fsp3) is 0.600. The lowest BCUT2D eigenvalue weighted by atomic mass is 9.81. The smallest absolute Gasteiger partial charge is 0.137 e. The molecule has 0 aliphatic heterocycles. The van der Waals surface area contributed by atoms with Crippen LogP contribution in [0.3, 0.4) is 0 Å². The van der Waals surface area contributed by atoms with Gasteiger partial charge in [-0.3, -0.25) is 0 Å². The summed E-state index contributed by atoms with van der Waals surface area (Å²) in [5.41, 5.74) is 1.20. The van der Waals surface area contributed by atoms with Crippen molar-refractivity contribution in [3.05, 3.63) is 34.1 Å². The van der Waals surface area contributed by atoms with Crippen molar-refractivity contribution in [3.63, 3.8) is 0 Å². The van der Waals surface area contributed by atoms with Crippen molar-refractivity contribution in [2.75, 3.05) is 6.54 Å². The molecule has 1 unspecified atom stereocenters. The van der Waals surface area contributed by atoms with Gasteiger partial charge in [0.25, 0.3) is 0 Å². The van der Waals surface area contributed by atoms with Gasteiger partial charge in [0.15, 0.2) is 0 Å². The van der Waals surface area contributed by atoms with Crippen molar-refractivity contribution in [1.82, 2.24) is 5.32 Å². The monoisotopic (exact) mass is 315 g/mol. The minimum Gasteiger partial charge on any atom is -0.314 e. The second kappa shape index (κ2) is 6.67. The molecule has 1 N–H and O–H groups in total. The van der Waals surface area contributed by atoms with Crippen LogP contribution in [0.4, 0.5) is 4.39 Å². The van der Waals surface area contributed by atoms with Crippen LogP contribution in [0.1, 0.15) is 39.7 Å². The molecular formula is C15H23BrFN. The quantitative estimate of drug-likeness (QED) is 0.812. The Balaban J connectivity index is 2.81. The van der Waals surface area contributed by atoms with Gasteiger partial charge in [0.2, 0.25) is 0 Å². The predicted molar refractivity (Wildman–Crippen MR) is 79.3 cm³/mol. The molecule has 0 aliphatic rings. The summed E-state index contributed by atoms with van der Waals surface area (Å²) in [6.07, 6.45) is 1.94. The lowest BCUT2D eigenvalue weighted by Crippen LogP contribution is -2.36. The Bertz CT molecular complexity index is 392. The highest BCUT2D eigenvalue weighted by Crippen LogP contribution is 2.30. The van der Waals surface area contributed by atoms with E-state index < -0.39 is 0 Å². The molecular weight excluding hydrogens is 293 g/mol. The van der Waals surface area contributed by atoms with E-state index in [2.05, 4.69) is 48.9 Å². The average molecular weight is 316 g/mol. The standard InChI is InChI=1S/C15H23BrFN/c1-5-15(4,10-18-11(2)3)9-12-7-6-8-13(17)14(12)16/h6-8,11,18H,5,9-10H2,1-4H3. The first-order valence-corrected chi connectivity index (χ1v) is 7.33. The molecule has 0 aliphatic carbocycles. The van der Waals surface area contributed by atoms with E-state index in [0.717, 1.165) is 24.9 Å². The fourth-order valence-electron chi connectivity index (χ4n) is 1.91. The molecule has 1 nitrogen and oxygen atoms in total.